The standard InChI is InChI=1S/C3H4Cl4Si/c4-3(5)1-2-8(6)7/h1,8H,2H2. The Bertz CT molecular complexity index is 85.3. The Kier molecular flexibility index (Phi) is 5.64. The van der Waals surface area contributed by atoms with Crippen molar-refractivity contribution < 1.29 is 0 Å². The fraction of sp³-hybridized carbons (Fsp3) is 0.333. The molecule has 0 N–H and O–H groups in total. The molecule has 0 unspecified atom stereocenters. The molecule has 0 aromatic heterocycles. The Morgan fingerprint density at radius 3 is 2.00 bits per heavy atom. The summed E-state index contributed by atoms with van der Waals surface area (Å²) < 4.78 is 0.240. The fourth-order valence-electron chi connectivity index (χ4n) is 0.178. The van der Waals surface area contributed by atoms with Gasteiger partial charge in [0.05, 0.1) is 0 Å². The summed E-state index contributed by atoms with van der Waals surface area (Å²) in [6.45, 7) is 0. The van der Waals surface area contributed by atoms with E-state index in [0.717, 1.165) is 0 Å². The second kappa shape index (κ2) is 4.95. The van der Waals surface area contributed by atoms with Crippen LogP contribution in [0.1, 0.15) is 0 Å². The number of allylic oxidation sites excluding steroid dienone is 1. The predicted octanol–water partition coefficient (Wildman–Crippen LogP) is 3.00. The smallest absolute Gasteiger partial charge is 0.150 e. The third-order valence-corrected chi connectivity index (χ3v) is 2.42. The molecule has 0 aromatic rings. The predicted molar refractivity (Wildman–Crippen MR) is 43.5 cm³/mol. The monoisotopic (exact) mass is 208 g/mol. The van der Waals surface area contributed by atoms with Crippen LogP contribution in [0.3, 0.4) is 0 Å². The van der Waals surface area contributed by atoms with Gasteiger partial charge in [-0.15, -0.1) is 0 Å². The van der Waals surface area contributed by atoms with Crippen LogP contribution in [0.25, 0.3) is 0 Å². The lowest BCUT2D eigenvalue weighted by atomic mass is 10.8. The third-order valence-electron chi connectivity index (χ3n) is 0.450. The maximum absolute atomic E-state index is 5.46. The van der Waals surface area contributed by atoms with E-state index in [1.807, 2.05) is 0 Å². The summed E-state index contributed by atoms with van der Waals surface area (Å²) in [5, 5.41) is 0. The number of hydrogen-bond acceptors (Lipinski definition) is 0. The first-order chi connectivity index (χ1) is 3.63. The van der Waals surface area contributed by atoms with Crippen LogP contribution in [0, 0.1) is 0 Å². The maximum atomic E-state index is 5.46. The number of halogens is 4. The van der Waals surface area contributed by atoms with Gasteiger partial charge >= 0.3 is 0 Å². The van der Waals surface area contributed by atoms with Gasteiger partial charge in [-0.3, -0.25) is 0 Å². The van der Waals surface area contributed by atoms with Crippen molar-refractivity contribution in [1.82, 2.24) is 0 Å². The molecule has 0 aliphatic heterocycles. The van der Waals surface area contributed by atoms with Crippen LogP contribution < -0.4 is 0 Å². The van der Waals surface area contributed by atoms with Crippen molar-refractivity contribution in [2.45, 2.75) is 6.04 Å². The minimum Gasteiger partial charge on any atom is -0.150 e. The van der Waals surface area contributed by atoms with Gasteiger partial charge in [-0.1, -0.05) is 29.3 Å². The maximum Gasteiger partial charge on any atom is 0.240 e. The van der Waals surface area contributed by atoms with Gasteiger partial charge in [0.1, 0.15) is 4.49 Å². The Hall–Kier alpha value is 1.12. The molecule has 48 valence electrons. The van der Waals surface area contributed by atoms with Crippen molar-refractivity contribution in [3.8, 4) is 0 Å². The molecule has 0 heterocycles. The molecule has 0 atom stereocenters. The van der Waals surface area contributed by atoms with Gasteiger partial charge in [-0.2, -0.15) is 22.2 Å². The summed E-state index contributed by atoms with van der Waals surface area (Å²) in [6.07, 6.45) is 1.61. The van der Waals surface area contributed by atoms with Gasteiger partial charge in [0.15, 0.2) is 0 Å². The molecule has 0 radical (unpaired) electrons. The van der Waals surface area contributed by atoms with Gasteiger partial charge in [0, 0.05) is 0 Å². The topological polar surface area (TPSA) is 0 Å². The van der Waals surface area contributed by atoms with E-state index in [4.69, 9.17) is 45.4 Å². The van der Waals surface area contributed by atoms with Crippen molar-refractivity contribution in [2.75, 3.05) is 0 Å². The van der Waals surface area contributed by atoms with Crippen LogP contribution in [0.4, 0.5) is 0 Å². The number of rotatable bonds is 2. The summed E-state index contributed by atoms with van der Waals surface area (Å²) >= 11 is 21.4. The van der Waals surface area contributed by atoms with Crippen LogP contribution in [0.5, 0.6) is 0 Å². The Labute approximate surface area is 69.4 Å². The molecule has 0 bridgehead atoms. The van der Waals surface area contributed by atoms with Gasteiger partial charge in [-0.25, -0.2) is 0 Å². The molecular formula is C3H4Cl4Si. The van der Waals surface area contributed by atoms with Crippen molar-refractivity contribution >= 4 is 52.8 Å². The lowest BCUT2D eigenvalue weighted by Crippen LogP contribution is -1.86. The molecule has 0 aliphatic carbocycles. The van der Waals surface area contributed by atoms with Gasteiger partial charge in [-0.05, 0) is 6.04 Å². The summed E-state index contributed by atoms with van der Waals surface area (Å²) in [5.74, 6) is 0. The van der Waals surface area contributed by atoms with E-state index in [2.05, 4.69) is 0 Å². The lowest BCUT2D eigenvalue weighted by molar-refractivity contribution is 1.71. The van der Waals surface area contributed by atoms with E-state index in [0.29, 0.717) is 6.04 Å². The molecule has 0 spiro atoms. The summed E-state index contributed by atoms with van der Waals surface area (Å²) in [6, 6.07) is 0.630. The highest BCUT2D eigenvalue weighted by molar-refractivity contribution is 7.33. The van der Waals surface area contributed by atoms with E-state index in [9.17, 15) is 0 Å². The molecule has 0 aromatic carbocycles. The Balaban J connectivity index is 3.29. The van der Waals surface area contributed by atoms with Crippen LogP contribution in [-0.2, 0) is 0 Å². The lowest BCUT2D eigenvalue weighted by Gasteiger charge is -1.87. The van der Waals surface area contributed by atoms with Crippen molar-refractivity contribution in [3.63, 3.8) is 0 Å². The average Bonchev–Trinajstić information content (AvgIpc) is 1.61. The van der Waals surface area contributed by atoms with Crippen molar-refractivity contribution in [3.05, 3.63) is 10.6 Å². The zero-order chi connectivity index (χ0) is 6.57. The molecule has 8 heavy (non-hydrogen) atoms. The quantitative estimate of drug-likeness (QED) is 0.485. The van der Waals surface area contributed by atoms with E-state index in [-0.39, 0.29) is 4.49 Å². The van der Waals surface area contributed by atoms with Crippen molar-refractivity contribution in [2.24, 2.45) is 0 Å². The summed E-state index contributed by atoms with van der Waals surface area (Å²) in [7, 11) is -1.53. The first kappa shape index (κ1) is 9.12. The highest BCUT2D eigenvalue weighted by Gasteiger charge is 1.97. The molecule has 0 saturated heterocycles. The third kappa shape index (κ3) is 7.12. The largest absolute Gasteiger partial charge is 0.240 e. The number of hydrogen-bond donors (Lipinski definition) is 0. The normalized spacial score (nSPS) is 9.62. The van der Waals surface area contributed by atoms with Gasteiger partial charge in [0.25, 0.3) is 0 Å². The summed E-state index contributed by atoms with van der Waals surface area (Å²) in [5.41, 5.74) is 0. The highest BCUT2D eigenvalue weighted by Crippen LogP contribution is 2.11. The average molecular weight is 210 g/mol. The Morgan fingerprint density at radius 1 is 1.38 bits per heavy atom. The molecule has 0 saturated carbocycles. The highest BCUT2D eigenvalue weighted by atomic mass is 35.7. The SMILES string of the molecule is ClC(Cl)=CC[SiH](Cl)Cl. The molecule has 0 amide bonds. The molecule has 0 rings (SSSR count). The van der Waals surface area contributed by atoms with E-state index >= 15 is 0 Å². The van der Waals surface area contributed by atoms with E-state index in [1.54, 1.807) is 6.08 Å². The minimum absolute atomic E-state index is 0.240. The van der Waals surface area contributed by atoms with Crippen LogP contribution in [-0.4, -0.2) is 7.42 Å². The second-order valence-corrected chi connectivity index (χ2v) is 7.21. The van der Waals surface area contributed by atoms with Crippen molar-refractivity contribution in [1.29, 1.82) is 0 Å². The van der Waals surface area contributed by atoms with E-state index in [1.165, 1.54) is 0 Å². The first-order valence-corrected chi connectivity index (χ1v) is 6.98. The molecule has 0 nitrogen and oxygen atoms in total. The summed E-state index contributed by atoms with van der Waals surface area (Å²) in [4.78, 5) is 0. The van der Waals surface area contributed by atoms with Crippen LogP contribution in [0.15, 0.2) is 10.6 Å². The molecule has 0 aliphatic rings. The zero-order valence-electron chi connectivity index (χ0n) is 3.87. The molecular weight excluding hydrogens is 206 g/mol. The van der Waals surface area contributed by atoms with Gasteiger partial charge < -0.3 is 0 Å². The van der Waals surface area contributed by atoms with Crippen LogP contribution in [0.2, 0.25) is 6.04 Å². The Morgan fingerprint density at radius 2 is 1.88 bits per heavy atom. The zero-order valence-corrected chi connectivity index (χ0v) is 8.05. The molecule has 0 fully saturated rings. The van der Waals surface area contributed by atoms with E-state index < -0.39 is 7.42 Å². The minimum atomic E-state index is -1.53. The second-order valence-electron chi connectivity index (χ2n) is 1.12. The van der Waals surface area contributed by atoms with Crippen LogP contribution >= 0.6 is 45.4 Å². The molecule has 5 heteroatoms. The first-order valence-electron chi connectivity index (χ1n) is 1.92. The van der Waals surface area contributed by atoms with Gasteiger partial charge in [0.2, 0.25) is 7.42 Å². The fourth-order valence-corrected chi connectivity index (χ4v) is 1.60.